The van der Waals surface area contributed by atoms with E-state index in [-0.39, 0.29) is 11.4 Å². The number of carbonyl (C=O) groups excluding carboxylic acids is 1. The number of aromatic hydroxyl groups is 1. The molecule has 0 spiro atoms. The number of nitrogens with zero attached hydrogens (tertiary/aromatic N) is 2. The molecule has 0 aromatic heterocycles. The molecule has 0 saturated heterocycles. The van der Waals surface area contributed by atoms with Gasteiger partial charge in [-0.15, -0.1) is 0 Å². The van der Waals surface area contributed by atoms with E-state index < -0.39 is 22.0 Å². The fourth-order valence-corrected chi connectivity index (χ4v) is 1.76. The molecule has 1 rings (SSSR count). The quantitative estimate of drug-likeness (QED) is 0.487. The number of phenolic OH excluding ortho intramolecular Hbond substituents is 1. The van der Waals surface area contributed by atoms with E-state index in [2.05, 4.69) is 5.32 Å². The Bertz CT molecular complexity index is 573. The summed E-state index contributed by atoms with van der Waals surface area (Å²) < 4.78 is 0. The summed E-state index contributed by atoms with van der Waals surface area (Å²) in [4.78, 5) is 22.0. The van der Waals surface area contributed by atoms with Gasteiger partial charge in [0.2, 0.25) is 5.91 Å². The van der Waals surface area contributed by atoms with Crippen molar-refractivity contribution < 1.29 is 14.8 Å². The largest absolute Gasteiger partial charge is 0.506 e. The van der Waals surface area contributed by atoms with Gasteiger partial charge in [-0.3, -0.25) is 14.9 Å². The molecule has 7 nitrogen and oxygen atoms in total. The fourth-order valence-electron chi connectivity index (χ4n) is 1.76. The van der Waals surface area contributed by atoms with Crippen LogP contribution in [0.15, 0.2) is 18.2 Å². The highest BCUT2D eigenvalue weighted by Gasteiger charge is 2.35. The molecule has 0 aliphatic heterocycles. The number of phenols is 1. The van der Waals surface area contributed by atoms with E-state index in [4.69, 9.17) is 5.26 Å². The fraction of sp³-hybridized carbons (Fsp3) is 0.385. The van der Waals surface area contributed by atoms with Gasteiger partial charge in [-0.2, -0.15) is 5.26 Å². The van der Waals surface area contributed by atoms with Gasteiger partial charge in [-0.25, -0.2) is 0 Å². The SMILES string of the molecule is CCC(C#N)(CC)C(=O)Nc1ccc([N+](=O)[O-])cc1O. The maximum Gasteiger partial charge on any atom is 0.273 e. The molecule has 0 aliphatic carbocycles. The Morgan fingerprint density at radius 3 is 2.50 bits per heavy atom. The molecule has 106 valence electrons. The number of hydrogen-bond donors (Lipinski definition) is 2. The van der Waals surface area contributed by atoms with Crippen molar-refractivity contribution in [2.24, 2.45) is 5.41 Å². The van der Waals surface area contributed by atoms with Crippen molar-refractivity contribution in [1.82, 2.24) is 0 Å². The molecule has 20 heavy (non-hydrogen) atoms. The highest BCUT2D eigenvalue weighted by Crippen LogP contribution is 2.32. The summed E-state index contributed by atoms with van der Waals surface area (Å²) in [7, 11) is 0. The number of anilines is 1. The van der Waals surface area contributed by atoms with Crippen LogP contribution < -0.4 is 5.32 Å². The number of hydrogen-bond acceptors (Lipinski definition) is 5. The summed E-state index contributed by atoms with van der Waals surface area (Å²) in [5.74, 6) is -0.944. The van der Waals surface area contributed by atoms with Gasteiger partial charge in [0.15, 0.2) is 0 Å². The molecule has 0 heterocycles. The van der Waals surface area contributed by atoms with Crippen LogP contribution in [0.2, 0.25) is 0 Å². The number of nitro benzene ring substituents is 1. The summed E-state index contributed by atoms with van der Waals surface area (Å²) >= 11 is 0. The smallest absolute Gasteiger partial charge is 0.273 e. The van der Waals surface area contributed by atoms with Crippen molar-refractivity contribution >= 4 is 17.3 Å². The molecule has 0 bridgehead atoms. The number of carbonyl (C=O) groups is 1. The lowest BCUT2D eigenvalue weighted by atomic mass is 9.83. The second kappa shape index (κ2) is 6.02. The number of nitriles is 1. The predicted molar refractivity (Wildman–Crippen MR) is 72.0 cm³/mol. The van der Waals surface area contributed by atoms with E-state index in [1.165, 1.54) is 12.1 Å². The molecule has 1 aromatic carbocycles. The van der Waals surface area contributed by atoms with Gasteiger partial charge in [0.1, 0.15) is 11.2 Å². The summed E-state index contributed by atoms with van der Waals surface area (Å²) in [6, 6.07) is 5.33. The highest BCUT2D eigenvalue weighted by atomic mass is 16.6. The van der Waals surface area contributed by atoms with Crippen LogP contribution in [0.1, 0.15) is 26.7 Å². The Hall–Kier alpha value is -2.62. The van der Waals surface area contributed by atoms with Crippen molar-refractivity contribution in [2.75, 3.05) is 5.32 Å². The maximum atomic E-state index is 12.1. The first-order chi connectivity index (χ1) is 9.40. The minimum atomic E-state index is -1.17. The van der Waals surface area contributed by atoms with E-state index in [0.717, 1.165) is 6.07 Å². The van der Waals surface area contributed by atoms with Gasteiger partial charge in [-0.1, -0.05) is 13.8 Å². The number of non-ortho nitro benzene ring substituents is 1. The van der Waals surface area contributed by atoms with Crippen molar-refractivity contribution in [3.05, 3.63) is 28.3 Å². The van der Waals surface area contributed by atoms with Crippen LogP contribution in [0.3, 0.4) is 0 Å². The van der Waals surface area contributed by atoms with Crippen molar-refractivity contribution in [2.45, 2.75) is 26.7 Å². The van der Waals surface area contributed by atoms with Crippen LogP contribution in [0.4, 0.5) is 11.4 Å². The Labute approximate surface area is 116 Å². The molecule has 0 aliphatic rings. The van der Waals surface area contributed by atoms with E-state index in [1.54, 1.807) is 13.8 Å². The van der Waals surface area contributed by atoms with Gasteiger partial charge in [0, 0.05) is 6.07 Å². The van der Waals surface area contributed by atoms with Crippen LogP contribution in [-0.4, -0.2) is 15.9 Å². The third-order valence-electron chi connectivity index (χ3n) is 3.30. The van der Waals surface area contributed by atoms with Gasteiger partial charge in [-0.05, 0) is 18.9 Å². The molecule has 1 amide bonds. The zero-order valence-electron chi connectivity index (χ0n) is 11.2. The van der Waals surface area contributed by atoms with Gasteiger partial charge < -0.3 is 10.4 Å². The number of nitro groups is 1. The number of rotatable bonds is 5. The zero-order valence-corrected chi connectivity index (χ0v) is 11.2. The van der Waals surface area contributed by atoms with Gasteiger partial charge in [0.25, 0.3) is 5.69 Å². The van der Waals surface area contributed by atoms with Crippen LogP contribution >= 0.6 is 0 Å². The summed E-state index contributed by atoms with van der Waals surface area (Å²) in [5, 5.41) is 31.8. The first-order valence-electron chi connectivity index (χ1n) is 6.10. The third-order valence-corrected chi connectivity index (χ3v) is 3.30. The first-order valence-corrected chi connectivity index (χ1v) is 6.10. The Kier molecular flexibility index (Phi) is 4.64. The predicted octanol–water partition coefficient (Wildman–Crippen LogP) is 2.57. The monoisotopic (exact) mass is 277 g/mol. The summed E-state index contributed by atoms with van der Waals surface area (Å²) in [6.45, 7) is 3.45. The molecule has 2 N–H and O–H groups in total. The van der Waals surface area contributed by atoms with Crippen LogP contribution in [-0.2, 0) is 4.79 Å². The van der Waals surface area contributed by atoms with Crippen LogP contribution in [0.25, 0.3) is 0 Å². The Balaban J connectivity index is 3.03. The van der Waals surface area contributed by atoms with Gasteiger partial charge in [0.05, 0.1) is 22.7 Å². The van der Waals surface area contributed by atoms with Crippen molar-refractivity contribution in [3.8, 4) is 11.8 Å². The number of amides is 1. The molecular formula is C13H15N3O4. The van der Waals surface area contributed by atoms with Gasteiger partial charge >= 0.3 is 0 Å². The Morgan fingerprint density at radius 2 is 2.10 bits per heavy atom. The second-order valence-electron chi connectivity index (χ2n) is 4.31. The van der Waals surface area contributed by atoms with Crippen LogP contribution in [0, 0.1) is 26.9 Å². The van der Waals surface area contributed by atoms with Crippen molar-refractivity contribution in [1.29, 1.82) is 5.26 Å². The van der Waals surface area contributed by atoms with E-state index >= 15 is 0 Å². The molecule has 0 fully saturated rings. The van der Waals surface area contributed by atoms with E-state index in [0.29, 0.717) is 12.8 Å². The average molecular weight is 277 g/mol. The first kappa shape index (κ1) is 15.4. The average Bonchev–Trinajstić information content (AvgIpc) is 2.43. The summed E-state index contributed by atoms with van der Waals surface area (Å²) in [5.41, 5.74) is -1.41. The number of benzene rings is 1. The lowest BCUT2D eigenvalue weighted by Crippen LogP contribution is -2.33. The van der Waals surface area contributed by atoms with Crippen LogP contribution in [0.5, 0.6) is 5.75 Å². The topological polar surface area (TPSA) is 116 Å². The van der Waals surface area contributed by atoms with E-state index in [9.17, 15) is 20.0 Å². The van der Waals surface area contributed by atoms with E-state index in [1.807, 2.05) is 6.07 Å². The molecule has 0 radical (unpaired) electrons. The second-order valence-corrected chi connectivity index (χ2v) is 4.31. The molecule has 0 unspecified atom stereocenters. The minimum Gasteiger partial charge on any atom is -0.506 e. The number of nitrogens with one attached hydrogen (secondary N) is 1. The zero-order chi connectivity index (χ0) is 15.3. The highest BCUT2D eigenvalue weighted by molar-refractivity contribution is 5.98. The molecule has 0 atom stereocenters. The lowest BCUT2D eigenvalue weighted by molar-refractivity contribution is -0.384. The molecular weight excluding hydrogens is 262 g/mol. The summed E-state index contributed by atoms with van der Waals surface area (Å²) in [6.07, 6.45) is 0.666. The normalized spacial score (nSPS) is 10.7. The maximum absolute atomic E-state index is 12.1. The molecule has 1 aromatic rings. The standard InChI is InChI=1S/C13H15N3O4/c1-3-13(4-2,8-14)12(18)15-10-6-5-9(16(19)20)7-11(10)17/h5-7,17H,3-4H2,1-2H3,(H,15,18). The lowest BCUT2D eigenvalue weighted by Gasteiger charge is -2.22. The third kappa shape index (κ3) is 2.85. The minimum absolute atomic E-state index is 0.0436. The van der Waals surface area contributed by atoms with Crippen molar-refractivity contribution in [3.63, 3.8) is 0 Å². The molecule has 7 heteroatoms. The molecule has 0 saturated carbocycles. The Morgan fingerprint density at radius 1 is 1.50 bits per heavy atom.